The van der Waals surface area contributed by atoms with E-state index in [-0.39, 0.29) is 0 Å². The fourth-order valence-electron chi connectivity index (χ4n) is 6.33. The second-order valence-corrected chi connectivity index (χ2v) is 12.6. The predicted molar refractivity (Wildman–Crippen MR) is 176 cm³/mol. The van der Waals surface area contributed by atoms with Gasteiger partial charge in [0.2, 0.25) is 0 Å². The second-order valence-electron chi connectivity index (χ2n) is 12.6. The summed E-state index contributed by atoms with van der Waals surface area (Å²) in [6, 6.07) is 2.22. The van der Waals surface area contributed by atoms with E-state index in [1.54, 1.807) is 11.1 Å². The lowest BCUT2D eigenvalue weighted by atomic mass is 9.85. The standard InChI is InChI=1S/C38H70O/c1-5-9-13-17-21-25-29-34-33-38(39)37(32-28-24-20-16-12-8-4)36(31-27-23-19-15-11-7-3)35(34)30-26-22-18-14-10-6-2/h33,39H,5-32H2,1-4H3. The van der Waals surface area contributed by atoms with E-state index in [1.807, 2.05) is 0 Å². The summed E-state index contributed by atoms with van der Waals surface area (Å²) in [6.45, 7) is 9.21. The van der Waals surface area contributed by atoms with Gasteiger partial charge in [0.25, 0.3) is 0 Å². The molecule has 228 valence electrons. The number of phenols is 1. The van der Waals surface area contributed by atoms with Crippen LogP contribution in [0.15, 0.2) is 6.07 Å². The van der Waals surface area contributed by atoms with Gasteiger partial charge in [-0.25, -0.2) is 0 Å². The van der Waals surface area contributed by atoms with Crippen LogP contribution in [0, 0.1) is 0 Å². The molecule has 1 rings (SSSR count). The molecule has 1 N–H and O–H groups in total. The summed E-state index contributed by atoms with van der Waals surface area (Å²) in [5, 5.41) is 11.4. The van der Waals surface area contributed by atoms with Crippen LogP contribution in [0.4, 0.5) is 0 Å². The van der Waals surface area contributed by atoms with Crippen LogP contribution in [0.5, 0.6) is 5.75 Å². The average molecular weight is 543 g/mol. The summed E-state index contributed by atoms with van der Waals surface area (Å²) < 4.78 is 0. The Bertz CT molecular complexity index is 676. The van der Waals surface area contributed by atoms with E-state index in [0.29, 0.717) is 5.75 Å². The fourth-order valence-corrected chi connectivity index (χ4v) is 6.33. The first-order valence-corrected chi connectivity index (χ1v) is 18.0. The first kappa shape index (κ1) is 36.0. The van der Waals surface area contributed by atoms with Crippen molar-refractivity contribution in [1.82, 2.24) is 0 Å². The number of aryl methyl sites for hydroxylation is 1. The van der Waals surface area contributed by atoms with Gasteiger partial charge in [-0.3, -0.25) is 0 Å². The van der Waals surface area contributed by atoms with Gasteiger partial charge in [0.05, 0.1) is 0 Å². The lowest BCUT2D eigenvalue weighted by molar-refractivity contribution is 0.462. The molecule has 0 aliphatic heterocycles. The van der Waals surface area contributed by atoms with Crippen LogP contribution >= 0.6 is 0 Å². The van der Waals surface area contributed by atoms with E-state index in [2.05, 4.69) is 33.8 Å². The molecule has 0 spiro atoms. The van der Waals surface area contributed by atoms with Crippen molar-refractivity contribution >= 4 is 0 Å². The Kier molecular flexibility index (Phi) is 24.0. The monoisotopic (exact) mass is 543 g/mol. The van der Waals surface area contributed by atoms with E-state index < -0.39 is 0 Å². The SMILES string of the molecule is CCCCCCCCc1cc(O)c(CCCCCCCC)c(CCCCCCCC)c1CCCCCCCC. The van der Waals surface area contributed by atoms with Crippen LogP contribution in [0.25, 0.3) is 0 Å². The van der Waals surface area contributed by atoms with E-state index in [4.69, 9.17) is 0 Å². The Morgan fingerprint density at radius 3 is 1.08 bits per heavy atom. The maximum atomic E-state index is 11.4. The van der Waals surface area contributed by atoms with E-state index in [0.717, 1.165) is 12.8 Å². The summed E-state index contributed by atoms with van der Waals surface area (Å²) in [5.41, 5.74) is 6.05. The lowest BCUT2D eigenvalue weighted by Crippen LogP contribution is -2.07. The molecule has 1 aromatic rings. The molecule has 0 fully saturated rings. The van der Waals surface area contributed by atoms with Gasteiger partial charge in [0.15, 0.2) is 0 Å². The summed E-state index contributed by atoms with van der Waals surface area (Å²) in [7, 11) is 0. The number of unbranched alkanes of at least 4 members (excludes halogenated alkanes) is 20. The van der Waals surface area contributed by atoms with Crippen LogP contribution in [-0.2, 0) is 25.7 Å². The van der Waals surface area contributed by atoms with Crippen LogP contribution in [0.1, 0.15) is 204 Å². The number of aromatic hydroxyl groups is 1. The van der Waals surface area contributed by atoms with E-state index in [9.17, 15) is 5.11 Å². The average Bonchev–Trinajstić information content (AvgIpc) is 2.94. The van der Waals surface area contributed by atoms with Crippen molar-refractivity contribution in [3.8, 4) is 5.75 Å². The Balaban J connectivity index is 3.03. The molecule has 0 bridgehead atoms. The Hall–Kier alpha value is -0.980. The molecule has 0 aromatic heterocycles. The zero-order valence-corrected chi connectivity index (χ0v) is 27.3. The molecule has 39 heavy (non-hydrogen) atoms. The quantitative estimate of drug-likeness (QED) is 0.104. The minimum absolute atomic E-state index is 0.622. The highest BCUT2D eigenvalue weighted by Crippen LogP contribution is 2.34. The third-order valence-corrected chi connectivity index (χ3v) is 8.88. The first-order chi connectivity index (χ1) is 19.2. The molecule has 0 unspecified atom stereocenters. The molecule has 0 saturated carbocycles. The minimum atomic E-state index is 0.622. The summed E-state index contributed by atoms with van der Waals surface area (Å²) in [4.78, 5) is 0. The maximum Gasteiger partial charge on any atom is 0.119 e. The summed E-state index contributed by atoms with van der Waals surface area (Å²) in [6.07, 6.45) is 36.9. The van der Waals surface area contributed by atoms with Crippen LogP contribution in [-0.4, -0.2) is 5.11 Å². The largest absolute Gasteiger partial charge is 0.508 e. The number of hydrogen-bond acceptors (Lipinski definition) is 1. The molecular formula is C38H70O. The van der Waals surface area contributed by atoms with Crippen molar-refractivity contribution in [1.29, 1.82) is 0 Å². The second kappa shape index (κ2) is 26.0. The molecule has 1 heteroatoms. The summed E-state index contributed by atoms with van der Waals surface area (Å²) in [5.74, 6) is 0.622. The molecule has 0 atom stereocenters. The minimum Gasteiger partial charge on any atom is -0.508 e. The van der Waals surface area contributed by atoms with Crippen molar-refractivity contribution in [3.05, 3.63) is 28.3 Å². The van der Waals surface area contributed by atoms with Gasteiger partial charge in [0, 0.05) is 0 Å². The molecule has 0 aliphatic rings. The number of rotatable bonds is 28. The van der Waals surface area contributed by atoms with Crippen LogP contribution in [0.3, 0.4) is 0 Å². The zero-order valence-electron chi connectivity index (χ0n) is 27.3. The topological polar surface area (TPSA) is 20.2 Å². The van der Waals surface area contributed by atoms with Crippen molar-refractivity contribution < 1.29 is 5.11 Å². The van der Waals surface area contributed by atoms with Crippen LogP contribution in [0.2, 0.25) is 0 Å². The fraction of sp³-hybridized carbons (Fsp3) is 0.842. The molecule has 0 amide bonds. The van der Waals surface area contributed by atoms with E-state index in [1.165, 1.54) is 178 Å². The normalized spacial score (nSPS) is 11.5. The molecule has 0 radical (unpaired) electrons. The van der Waals surface area contributed by atoms with Gasteiger partial charge in [-0.05, 0) is 79.7 Å². The Morgan fingerprint density at radius 1 is 0.359 bits per heavy atom. The zero-order chi connectivity index (χ0) is 28.4. The Labute approximate surface area is 246 Å². The molecule has 0 heterocycles. The van der Waals surface area contributed by atoms with Crippen molar-refractivity contribution in [3.63, 3.8) is 0 Å². The van der Waals surface area contributed by atoms with Crippen molar-refractivity contribution in [2.45, 2.75) is 207 Å². The highest BCUT2D eigenvalue weighted by molar-refractivity contribution is 5.50. The third kappa shape index (κ3) is 17.4. The molecule has 1 aromatic carbocycles. The van der Waals surface area contributed by atoms with Gasteiger partial charge in [-0.1, -0.05) is 156 Å². The number of hydrogen-bond donors (Lipinski definition) is 1. The van der Waals surface area contributed by atoms with Gasteiger partial charge in [-0.2, -0.15) is 0 Å². The van der Waals surface area contributed by atoms with E-state index >= 15 is 0 Å². The number of benzene rings is 1. The van der Waals surface area contributed by atoms with Gasteiger partial charge in [-0.15, -0.1) is 0 Å². The van der Waals surface area contributed by atoms with Crippen molar-refractivity contribution in [2.24, 2.45) is 0 Å². The highest BCUT2D eigenvalue weighted by Gasteiger charge is 2.17. The molecular weight excluding hydrogens is 472 g/mol. The number of phenolic OH excluding ortho intramolecular Hbond substituents is 1. The molecule has 0 aliphatic carbocycles. The first-order valence-electron chi connectivity index (χ1n) is 18.0. The summed E-state index contributed by atoms with van der Waals surface area (Å²) >= 11 is 0. The van der Waals surface area contributed by atoms with Crippen LogP contribution < -0.4 is 0 Å². The molecule has 0 saturated heterocycles. The third-order valence-electron chi connectivity index (χ3n) is 8.88. The highest BCUT2D eigenvalue weighted by atomic mass is 16.3. The van der Waals surface area contributed by atoms with Gasteiger partial charge >= 0.3 is 0 Å². The molecule has 1 nitrogen and oxygen atoms in total. The smallest absolute Gasteiger partial charge is 0.119 e. The maximum absolute atomic E-state index is 11.4. The van der Waals surface area contributed by atoms with Gasteiger partial charge < -0.3 is 5.11 Å². The Morgan fingerprint density at radius 2 is 0.667 bits per heavy atom. The van der Waals surface area contributed by atoms with Crippen molar-refractivity contribution in [2.75, 3.05) is 0 Å². The van der Waals surface area contributed by atoms with Gasteiger partial charge in [0.1, 0.15) is 5.75 Å². The predicted octanol–water partition coefficient (Wildman–Crippen LogP) is 13.0. The lowest BCUT2D eigenvalue weighted by Gasteiger charge is -2.21.